The molecule has 3 nitrogen and oxygen atoms in total. The fraction of sp³-hybridized carbons (Fsp3) is 0.167. The SMILES string of the molecule is O=C1N=CC=C2N=C(Br)SC12. The number of hydrogen-bond donors (Lipinski definition) is 0. The van der Waals surface area contributed by atoms with Gasteiger partial charge in [-0.15, -0.1) is 0 Å². The van der Waals surface area contributed by atoms with E-state index < -0.39 is 0 Å². The number of aliphatic imine (C=N–C) groups is 2. The molecular weight excluding hydrogens is 228 g/mol. The zero-order valence-electron chi connectivity index (χ0n) is 5.32. The van der Waals surface area contributed by atoms with E-state index in [1.54, 1.807) is 6.08 Å². The third-order valence-corrected chi connectivity index (χ3v) is 3.07. The van der Waals surface area contributed by atoms with E-state index in [0.717, 1.165) is 9.65 Å². The number of allylic oxidation sites excluding steroid dienone is 1. The summed E-state index contributed by atoms with van der Waals surface area (Å²) in [5.74, 6) is -0.120. The van der Waals surface area contributed by atoms with Gasteiger partial charge in [-0.3, -0.25) is 4.79 Å². The lowest BCUT2D eigenvalue weighted by atomic mass is 10.2. The molecule has 0 fully saturated rings. The first-order chi connectivity index (χ1) is 5.27. The predicted octanol–water partition coefficient (Wildman–Crippen LogP) is 1.35. The van der Waals surface area contributed by atoms with Crippen molar-refractivity contribution in [1.82, 2.24) is 0 Å². The van der Waals surface area contributed by atoms with Crippen LogP contribution in [-0.4, -0.2) is 21.3 Å². The van der Waals surface area contributed by atoms with E-state index in [4.69, 9.17) is 0 Å². The Balaban J connectivity index is 2.38. The van der Waals surface area contributed by atoms with Crippen LogP contribution in [0.3, 0.4) is 0 Å². The van der Waals surface area contributed by atoms with Crippen LogP contribution < -0.4 is 0 Å². The topological polar surface area (TPSA) is 41.8 Å². The Kier molecular flexibility index (Phi) is 1.69. The van der Waals surface area contributed by atoms with Gasteiger partial charge in [-0.05, 0) is 22.0 Å². The highest BCUT2D eigenvalue weighted by Crippen LogP contribution is 2.34. The third-order valence-electron chi connectivity index (χ3n) is 1.37. The van der Waals surface area contributed by atoms with Crippen LogP contribution in [-0.2, 0) is 4.79 Å². The minimum absolute atomic E-state index is 0.120. The Morgan fingerprint density at radius 3 is 3.18 bits per heavy atom. The summed E-state index contributed by atoms with van der Waals surface area (Å²) in [6.07, 6.45) is 3.25. The number of halogens is 1. The van der Waals surface area contributed by atoms with Gasteiger partial charge in [0.15, 0.2) is 0 Å². The summed E-state index contributed by atoms with van der Waals surface area (Å²) in [4.78, 5) is 18.8. The molecule has 0 radical (unpaired) electrons. The standard InChI is InChI=1S/C6H3BrN2OS/c7-6-9-3-1-2-8-5(10)4(3)11-6/h1-2,4H. The van der Waals surface area contributed by atoms with Crippen molar-refractivity contribution in [3.63, 3.8) is 0 Å². The summed E-state index contributed by atoms with van der Waals surface area (Å²) in [5, 5.41) is -0.200. The van der Waals surface area contributed by atoms with Crippen LogP contribution in [0.2, 0.25) is 0 Å². The molecule has 0 aliphatic carbocycles. The van der Waals surface area contributed by atoms with E-state index in [-0.39, 0.29) is 11.2 Å². The molecule has 11 heavy (non-hydrogen) atoms. The molecule has 0 bridgehead atoms. The number of carbonyl (C=O) groups excluding carboxylic acids is 1. The second kappa shape index (κ2) is 2.57. The molecule has 0 saturated carbocycles. The van der Waals surface area contributed by atoms with Crippen molar-refractivity contribution in [2.24, 2.45) is 9.98 Å². The molecule has 0 aromatic rings. The van der Waals surface area contributed by atoms with Gasteiger partial charge in [-0.25, -0.2) is 9.98 Å². The summed E-state index contributed by atoms with van der Waals surface area (Å²) in [6, 6.07) is 0. The maximum atomic E-state index is 11.1. The van der Waals surface area contributed by atoms with E-state index in [1.807, 2.05) is 0 Å². The van der Waals surface area contributed by atoms with Crippen LogP contribution in [0, 0.1) is 0 Å². The molecule has 2 heterocycles. The van der Waals surface area contributed by atoms with Gasteiger partial charge >= 0.3 is 0 Å². The molecule has 0 saturated heterocycles. The number of rotatable bonds is 0. The Hall–Kier alpha value is -0.420. The second-order valence-electron chi connectivity index (χ2n) is 2.07. The fourth-order valence-corrected chi connectivity index (χ4v) is 2.43. The number of nitrogens with zero attached hydrogens (tertiary/aromatic N) is 2. The van der Waals surface area contributed by atoms with Crippen molar-refractivity contribution in [2.45, 2.75) is 5.25 Å². The molecule has 0 aromatic carbocycles. The van der Waals surface area contributed by atoms with Crippen LogP contribution in [0.25, 0.3) is 0 Å². The molecule has 2 rings (SSSR count). The maximum absolute atomic E-state index is 11.1. The average molecular weight is 231 g/mol. The number of hydrogen-bond acceptors (Lipinski definition) is 3. The lowest BCUT2D eigenvalue weighted by Gasteiger charge is -2.06. The van der Waals surface area contributed by atoms with Crippen LogP contribution in [0.1, 0.15) is 0 Å². The molecule has 0 aromatic heterocycles. The van der Waals surface area contributed by atoms with Gasteiger partial charge in [-0.1, -0.05) is 11.8 Å². The maximum Gasteiger partial charge on any atom is 0.265 e. The molecule has 2 aliphatic rings. The van der Waals surface area contributed by atoms with Crippen LogP contribution in [0.5, 0.6) is 0 Å². The van der Waals surface area contributed by atoms with E-state index >= 15 is 0 Å². The van der Waals surface area contributed by atoms with E-state index in [1.165, 1.54) is 18.0 Å². The molecule has 2 aliphatic heterocycles. The zero-order chi connectivity index (χ0) is 7.84. The Morgan fingerprint density at radius 1 is 1.64 bits per heavy atom. The minimum Gasteiger partial charge on any atom is -0.271 e. The van der Waals surface area contributed by atoms with E-state index in [2.05, 4.69) is 25.9 Å². The number of carbonyl (C=O) groups is 1. The Morgan fingerprint density at radius 2 is 2.45 bits per heavy atom. The average Bonchev–Trinajstić information content (AvgIpc) is 2.31. The van der Waals surface area contributed by atoms with Crippen LogP contribution >= 0.6 is 27.7 Å². The molecule has 0 N–H and O–H groups in total. The highest BCUT2D eigenvalue weighted by Gasteiger charge is 2.31. The van der Waals surface area contributed by atoms with Gasteiger partial charge in [0.2, 0.25) is 0 Å². The van der Waals surface area contributed by atoms with Gasteiger partial charge in [0.25, 0.3) is 5.91 Å². The summed E-state index contributed by atoms with van der Waals surface area (Å²) >= 11 is 4.61. The number of fused-ring (bicyclic) bond motifs is 1. The van der Waals surface area contributed by atoms with Crippen molar-refractivity contribution < 1.29 is 4.79 Å². The third kappa shape index (κ3) is 1.18. The molecule has 0 spiro atoms. The van der Waals surface area contributed by atoms with Crippen molar-refractivity contribution in [2.75, 3.05) is 0 Å². The van der Waals surface area contributed by atoms with E-state index in [0.29, 0.717) is 0 Å². The summed E-state index contributed by atoms with van der Waals surface area (Å²) in [5.41, 5.74) is 0.793. The van der Waals surface area contributed by atoms with Gasteiger partial charge in [0.05, 0.1) is 5.70 Å². The lowest BCUT2D eigenvalue weighted by molar-refractivity contribution is -0.116. The lowest BCUT2D eigenvalue weighted by Crippen LogP contribution is -2.17. The van der Waals surface area contributed by atoms with Crippen LogP contribution in [0.15, 0.2) is 21.8 Å². The van der Waals surface area contributed by atoms with Crippen molar-refractivity contribution in [3.8, 4) is 0 Å². The minimum atomic E-state index is -0.200. The fourth-order valence-electron chi connectivity index (χ4n) is 0.900. The number of dihydropyridines is 1. The molecule has 5 heteroatoms. The molecule has 1 amide bonds. The molecule has 1 atom stereocenters. The summed E-state index contributed by atoms with van der Waals surface area (Å²) in [7, 11) is 0. The van der Waals surface area contributed by atoms with Crippen LogP contribution in [0.4, 0.5) is 0 Å². The summed E-state index contributed by atoms with van der Waals surface area (Å²) < 4.78 is 0.757. The highest BCUT2D eigenvalue weighted by molar-refractivity contribution is 9.22. The largest absolute Gasteiger partial charge is 0.271 e. The normalized spacial score (nSPS) is 28.1. The summed E-state index contributed by atoms with van der Waals surface area (Å²) in [6.45, 7) is 0. The van der Waals surface area contributed by atoms with Gasteiger partial charge in [0, 0.05) is 6.21 Å². The van der Waals surface area contributed by atoms with Crippen molar-refractivity contribution in [3.05, 3.63) is 11.8 Å². The van der Waals surface area contributed by atoms with Gasteiger partial charge in [-0.2, -0.15) is 0 Å². The second-order valence-corrected chi connectivity index (χ2v) is 4.44. The molecule has 1 unspecified atom stereocenters. The van der Waals surface area contributed by atoms with Crippen molar-refractivity contribution in [1.29, 1.82) is 0 Å². The van der Waals surface area contributed by atoms with Gasteiger partial charge in [0.1, 0.15) is 9.20 Å². The van der Waals surface area contributed by atoms with Gasteiger partial charge < -0.3 is 0 Å². The highest BCUT2D eigenvalue weighted by atomic mass is 79.9. The quantitative estimate of drug-likeness (QED) is 0.631. The van der Waals surface area contributed by atoms with Crippen molar-refractivity contribution >= 4 is 43.8 Å². The van der Waals surface area contributed by atoms with E-state index in [9.17, 15) is 4.79 Å². The Labute approximate surface area is 75.8 Å². The Bertz CT molecular complexity index is 308. The monoisotopic (exact) mass is 230 g/mol. The molecular formula is C6H3BrN2OS. The number of amides is 1. The smallest absolute Gasteiger partial charge is 0.265 e. The number of thioether (sulfide) groups is 1. The first-order valence-corrected chi connectivity index (χ1v) is 4.63. The predicted molar refractivity (Wildman–Crippen MR) is 49.3 cm³/mol. The zero-order valence-corrected chi connectivity index (χ0v) is 7.72. The molecule has 56 valence electrons. The first kappa shape index (κ1) is 7.24. The first-order valence-electron chi connectivity index (χ1n) is 2.96.